The Morgan fingerprint density at radius 1 is 0.462 bits per heavy atom. The van der Waals surface area contributed by atoms with Crippen LogP contribution in [0.5, 0.6) is 0 Å². The van der Waals surface area contributed by atoms with E-state index in [2.05, 4.69) is 65.3 Å². The number of allylic oxidation sites excluding steroid dienone is 6. The quantitative estimate of drug-likeness (QED) is 0.443. The zero-order valence-corrected chi connectivity index (χ0v) is 17.2. The molecular weight excluding hydrogens is 452 g/mol. The van der Waals surface area contributed by atoms with Crippen LogP contribution in [0.2, 0.25) is 0 Å². The summed E-state index contributed by atoms with van der Waals surface area (Å²) in [5, 5.41) is 0. The number of hydrogen-bond acceptors (Lipinski definition) is 0. The molecular formula is C22H18Br2N2+2. The minimum absolute atomic E-state index is 1.07. The van der Waals surface area contributed by atoms with Gasteiger partial charge in [0, 0.05) is 57.5 Å². The molecule has 4 heteroatoms. The molecule has 3 rings (SSSR count). The van der Waals surface area contributed by atoms with E-state index < -0.39 is 0 Å². The van der Waals surface area contributed by atoms with Gasteiger partial charge in [0.25, 0.3) is 0 Å². The number of rotatable bonds is 2. The van der Waals surface area contributed by atoms with Gasteiger partial charge in [-0.25, -0.2) is 0 Å². The standard InChI is InChI=1S/C22H18Br2N2/c23-19-7-11-21(12-8-19)25-15-3-1-4-16-26(18-6-2-5-17-25)22-13-9-20(24)10-14-22/h1-18H/q+2/b3-1-,4-1?,5-2?,6-2-,15-3?,16-4-,17-5-,18-6?,25-15+,25-17?,26-16?,26-18+. The maximum Gasteiger partial charge on any atom is 0.210 e. The Kier molecular flexibility index (Phi) is 6.69. The summed E-state index contributed by atoms with van der Waals surface area (Å²) in [7, 11) is 0. The first-order valence-corrected chi connectivity index (χ1v) is 9.75. The third-order valence-electron chi connectivity index (χ3n) is 3.68. The van der Waals surface area contributed by atoms with E-state index in [1.54, 1.807) is 0 Å². The Hall–Kier alpha value is -2.30. The minimum Gasteiger partial charge on any atom is -0.167 e. The van der Waals surface area contributed by atoms with Gasteiger partial charge < -0.3 is 0 Å². The van der Waals surface area contributed by atoms with Crippen molar-refractivity contribution in [1.82, 2.24) is 0 Å². The largest absolute Gasteiger partial charge is 0.210 e. The smallest absolute Gasteiger partial charge is 0.167 e. The normalized spacial score (nSPS) is 23.3. The van der Waals surface area contributed by atoms with Crippen LogP contribution in [0.4, 0.5) is 11.4 Å². The highest BCUT2D eigenvalue weighted by Crippen LogP contribution is 2.18. The first kappa shape index (κ1) is 18.5. The molecule has 0 aliphatic carbocycles. The van der Waals surface area contributed by atoms with Crippen LogP contribution in [0.3, 0.4) is 0 Å². The molecule has 26 heavy (non-hydrogen) atoms. The van der Waals surface area contributed by atoms with Crippen molar-refractivity contribution in [1.29, 1.82) is 0 Å². The number of nitrogens with zero attached hydrogens (tertiary/aromatic N) is 2. The molecule has 0 bridgehead atoms. The van der Waals surface area contributed by atoms with Crippen LogP contribution in [-0.4, -0.2) is 21.6 Å². The van der Waals surface area contributed by atoms with Gasteiger partial charge in [-0.3, -0.25) is 0 Å². The van der Waals surface area contributed by atoms with Crippen LogP contribution < -0.4 is 0 Å². The fourth-order valence-corrected chi connectivity index (χ4v) is 2.90. The summed E-state index contributed by atoms with van der Waals surface area (Å²) >= 11 is 6.95. The van der Waals surface area contributed by atoms with E-state index in [1.807, 2.05) is 85.6 Å². The molecule has 2 aromatic carbocycles. The van der Waals surface area contributed by atoms with Crippen molar-refractivity contribution in [2.75, 3.05) is 0 Å². The van der Waals surface area contributed by atoms with Gasteiger partial charge in [0.15, 0.2) is 24.8 Å². The third kappa shape index (κ3) is 5.35. The molecule has 0 N–H and O–H groups in total. The lowest BCUT2D eigenvalue weighted by molar-refractivity contribution is -0.354. The first-order chi connectivity index (χ1) is 12.7. The predicted molar refractivity (Wildman–Crippen MR) is 117 cm³/mol. The SMILES string of the molecule is Brc1ccc([N+]2=C/C=C\C=C/[N+](c3ccc(Br)cc3)=C\C=C/C=C\2)cc1. The Bertz CT molecular complexity index is 850. The molecule has 2 aromatic rings. The monoisotopic (exact) mass is 468 g/mol. The van der Waals surface area contributed by atoms with Crippen molar-refractivity contribution in [3.8, 4) is 0 Å². The Balaban J connectivity index is 1.87. The molecule has 0 amide bonds. The first-order valence-electron chi connectivity index (χ1n) is 8.17. The summed E-state index contributed by atoms with van der Waals surface area (Å²) in [6, 6.07) is 16.5. The second-order valence-corrected chi connectivity index (χ2v) is 7.35. The van der Waals surface area contributed by atoms with Crippen LogP contribution >= 0.6 is 31.9 Å². The van der Waals surface area contributed by atoms with Crippen LogP contribution in [0.25, 0.3) is 0 Å². The number of halogens is 2. The van der Waals surface area contributed by atoms with Crippen molar-refractivity contribution >= 4 is 55.7 Å². The van der Waals surface area contributed by atoms with Gasteiger partial charge in [0.05, 0.1) is 0 Å². The van der Waals surface area contributed by atoms with Gasteiger partial charge in [-0.15, -0.1) is 0 Å². The van der Waals surface area contributed by atoms with E-state index in [-0.39, 0.29) is 0 Å². The van der Waals surface area contributed by atoms with Crippen LogP contribution in [0.15, 0.2) is 106 Å². The molecule has 128 valence electrons. The van der Waals surface area contributed by atoms with E-state index in [9.17, 15) is 0 Å². The van der Waals surface area contributed by atoms with Gasteiger partial charge in [-0.1, -0.05) is 44.0 Å². The van der Waals surface area contributed by atoms with Crippen LogP contribution in [0, 0.1) is 0 Å². The van der Waals surface area contributed by atoms with E-state index in [0.29, 0.717) is 0 Å². The average molecular weight is 470 g/mol. The van der Waals surface area contributed by atoms with Crippen molar-refractivity contribution < 1.29 is 9.15 Å². The van der Waals surface area contributed by atoms with E-state index >= 15 is 0 Å². The third-order valence-corrected chi connectivity index (χ3v) is 4.74. The van der Waals surface area contributed by atoms with Gasteiger partial charge in [-0.2, -0.15) is 9.15 Å². The fraction of sp³-hybridized carbons (Fsp3) is 0. The summed E-state index contributed by atoms with van der Waals surface area (Å²) in [6.07, 6.45) is 20.3. The summed E-state index contributed by atoms with van der Waals surface area (Å²) in [6.45, 7) is 0. The summed E-state index contributed by atoms with van der Waals surface area (Å²) in [5.41, 5.74) is 2.20. The molecule has 0 atom stereocenters. The Morgan fingerprint density at radius 3 is 1.23 bits per heavy atom. The van der Waals surface area contributed by atoms with Crippen LogP contribution in [-0.2, 0) is 0 Å². The van der Waals surface area contributed by atoms with E-state index in [4.69, 9.17) is 0 Å². The van der Waals surface area contributed by atoms with Crippen molar-refractivity contribution in [2.24, 2.45) is 0 Å². The zero-order chi connectivity index (χ0) is 18.2. The molecule has 0 spiro atoms. The molecule has 0 unspecified atom stereocenters. The van der Waals surface area contributed by atoms with E-state index in [1.165, 1.54) is 0 Å². The maximum absolute atomic E-state index is 3.48. The lowest BCUT2D eigenvalue weighted by atomic mass is 10.3. The van der Waals surface area contributed by atoms with E-state index in [0.717, 1.165) is 20.3 Å². The second kappa shape index (κ2) is 9.41. The zero-order valence-electron chi connectivity index (χ0n) is 14.0. The molecule has 1 heterocycles. The Labute approximate surface area is 170 Å². The summed E-state index contributed by atoms with van der Waals surface area (Å²) in [5.74, 6) is 0. The molecule has 1 aliphatic rings. The number of hydrogen-bond donors (Lipinski definition) is 0. The van der Waals surface area contributed by atoms with Gasteiger partial charge in [0.2, 0.25) is 11.4 Å². The van der Waals surface area contributed by atoms with Crippen molar-refractivity contribution in [2.45, 2.75) is 0 Å². The molecule has 0 aromatic heterocycles. The van der Waals surface area contributed by atoms with Gasteiger partial charge in [-0.05, 0) is 24.3 Å². The predicted octanol–water partition coefficient (Wildman–Crippen LogP) is 6.49. The molecule has 0 fully saturated rings. The summed E-state index contributed by atoms with van der Waals surface area (Å²) in [4.78, 5) is 0. The minimum atomic E-state index is 1.07. The highest BCUT2D eigenvalue weighted by atomic mass is 79.9. The molecule has 0 saturated heterocycles. The van der Waals surface area contributed by atoms with Crippen molar-refractivity contribution in [3.63, 3.8) is 0 Å². The second-order valence-electron chi connectivity index (χ2n) is 5.52. The Morgan fingerprint density at radius 2 is 0.846 bits per heavy atom. The highest BCUT2D eigenvalue weighted by Gasteiger charge is 2.05. The van der Waals surface area contributed by atoms with Crippen LogP contribution in [0.1, 0.15) is 0 Å². The lowest BCUT2D eigenvalue weighted by Crippen LogP contribution is -1.98. The van der Waals surface area contributed by atoms with Crippen molar-refractivity contribution in [3.05, 3.63) is 106 Å². The number of benzene rings is 2. The molecule has 2 nitrogen and oxygen atoms in total. The maximum atomic E-state index is 3.48. The molecule has 0 radical (unpaired) electrons. The molecule has 0 saturated carbocycles. The van der Waals surface area contributed by atoms with Gasteiger partial charge >= 0.3 is 0 Å². The summed E-state index contributed by atoms with van der Waals surface area (Å²) < 4.78 is 6.30. The fourth-order valence-electron chi connectivity index (χ4n) is 2.37. The molecule has 1 aliphatic heterocycles. The lowest BCUT2D eigenvalue weighted by Gasteiger charge is -1.97. The topological polar surface area (TPSA) is 6.02 Å². The average Bonchev–Trinajstić information content (AvgIpc) is 2.64. The highest BCUT2D eigenvalue weighted by molar-refractivity contribution is 9.10. The van der Waals surface area contributed by atoms with Gasteiger partial charge in [0.1, 0.15) is 0 Å².